The van der Waals surface area contributed by atoms with Crippen molar-refractivity contribution in [2.75, 3.05) is 5.32 Å². The van der Waals surface area contributed by atoms with Crippen molar-refractivity contribution < 1.29 is 4.79 Å². The fraction of sp³-hybridized carbons (Fsp3) is 0.182. The molecule has 1 amide bonds. The fourth-order valence-corrected chi connectivity index (χ4v) is 3.98. The summed E-state index contributed by atoms with van der Waals surface area (Å²) in [4.78, 5) is 30.4. The molecule has 0 spiro atoms. The lowest BCUT2D eigenvalue weighted by atomic mass is 10.3. The maximum Gasteiger partial charge on any atom is 0.295 e. The molecule has 10 heteroatoms. The third-order valence-corrected chi connectivity index (χ3v) is 5.75. The smallest absolute Gasteiger partial charge is 0.295 e. The molecule has 164 valence electrons. The third kappa shape index (κ3) is 3.72. The van der Waals surface area contributed by atoms with Crippen LogP contribution in [0.25, 0.3) is 11.4 Å². The highest BCUT2D eigenvalue weighted by atomic mass is 35.5. The van der Waals surface area contributed by atoms with Crippen molar-refractivity contribution >= 4 is 34.8 Å². The number of hydrogen-bond acceptors (Lipinski definition) is 4. The molecular weight excluding hydrogens is 451 g/mol. The third-order valence-electron chi connectivity index (χ3n) is 5.14. The number of aryl methyl sites for hydroxylation is 1. The van der Waals surface area contributed by atoms with Gasteiger partial charge in [0.2, 0.25) is 5.82 Å². The van der Waals surface area contributed by atoms with Crippen LogP contribution in [0.5, 0.6) is 0 Å². The molecule has 2 aromatic carbocycles. The van der Waals surface area contributed by atoms with Gasteiger partial charge in [-0.25, -0.2) is 14.3 Å². The van der Waals surface area contributed by atoms with E-state index in [1.165, 1.54) is 9.36 Å². The highest BCUT2D eigenvalue weighted by Gasteiger charge is 2.23. The molecule has 0 saturated heterocycles. The van der Waals surface area contributed by atoms with Gasteiger partial charge in [0.1, 0.15) is 17.2 Å². The number of amides is 1. The molecule has 8 nitrogen and oxygen atoms in total. The molecule has 2 aromatic heterocycles. The van der Waals surface area contributed by atoms with E-state index < -0.39 is 5.91 Å². The van der Waals surface area contributed by atoms with E-state index in [-0.39, 0.29) is 17.1 Å². The second-order valence-electron chi connectivity index (χ2n) is 7.08. The van der Waals surface area contributed by atoms with Gasteiger partial charge < -0.3 is 5.32 Å². The van der Waals surface area contributed by atoms with Gasteiger partial charge in [-0.15, -0.1) is 5.10 Å². The van der Waals surface area contributed by atoms with Crippen molar-refractivity contribution in [1.29, 1.82) is 0 Å². The molecule has 4 aromatic rings. The quantitative estimate of drug-likeness (QED) is 0.473. The highest BCUT2D eigenvalue weighted by Crippen LogP contribution is 2.29. The zero-order valence-electron chi connectivity index (χ0n) is 17.6. The lowest BCUT2D eigenvalue weighted by Gasteiger charge is -2.08. The molecule has 0 radical (unpaired) electrons. The summed E-state index contributed by atoms with van der Waals surface area (Å²) in [5, 5.41) is 7.76. The summed E-state index contributed by atoms with van der Waals surface area (Å²) in [7, 11) is 1.75. The Bertz CT molecular complexity index is 1350. The monoisotopic (exact) mass is 470 g/mol. The van der Waals surface area contributed by atoms with Crippen molar-refractivity contribution in [3.05, 3.63) is 86.3 Å². The van der Waals surface area contributed by atoms with E-state index in [1.807, 2.05) is 37.3 Å². The van der Waals surface area contributed by atoms with E-state index in [0.717, 1.165) is 0 Å². The Kier molecular flexibility index (Phi) is 5.90. The maximum absolute atomic E-state index is 13.1. The predicted molar refractivity (Wildman–Crippen MR) is 124 cm³/mol. The summed E-state index contributed by atoms with van der Waals surface area (Å²) in [6.07, 6.45) is 0.493. The van der Waals surface area contributed by atoms with Crippen molar-refractivity contribution in [3.63, 3.8) is 0 Å². The van der Waals surface area contributed by atoms with Crippen LogP contribution in [0.4, 0.5) is 5.69 Å². The van der Waals surface area contributed by atoms with Crippen LogP contribution in [0.2, 0.25) is 10.0 Å². The fourth-order valence-electron chi connectivity index (χ4n) is 3.42. The Balaban J connectivity index is 1.72. The minimum atomic E-state index is -0.604. The number of benzene rings is 2. The minimum Gasteiger partial charge on any atom is -0.313 e. The minimum absolute atomic E-state index is 0.0910. The first kappa shape index (κ1) is 21.9. The molecule has 1 N–H and O–H groups in total. The number of anilines is 1. The summed E-state index contributed by atoms with van der Waals surface area (Å²) in [6, 6.07) is 14.3. The summed E-state index contributed by atoms with van der Waals surface area (Å²) >= 11 is 12.6. The molecular formula is C22H20Cl2N6O2. The number of hydrogen-bond donors (Lipinski definition) is 1. The molecule has 0 atom stereocenters. The summed E-state index contributed by atoms with van der Waals surface area (Å²) in [6.45, 7) is 3.64. The second kappa shape index (κ2) is 8.64. The largest absolute Gasteiger partial charge is 0.313 e. The van der Waals surface area contributed by atoms with Crippen LogP contribution >= 0.6 is 23.2 Å². The van der Waals surface area contributed by atoms with E-state index in [1.54, 1.807) is 36.9 Å². The first-order chi connectivity index (χ1) is 15.3. The Labute approximate surface area is 194 Å². The topological polar surface area (TPSA) is 86.7 Å². The Hall–Kier alpha value is -3.36. The van der Waals surface area contributed by atoms with Gasteiger partial charge in [-0.3, -0.25) is 14.3 Å². The molecule has 0 aliphatic rings. The van der Waals surface area contributed by atoms with E-state index >= 15 is 0 Å². The summed E-state index contributed by atoms with van der Waals surface area (Å²) < 4.78 is 4.62. The summed E-state index contributed by atoms with van der Waals surface area (Å²) in [5.74, 6) is -0.184. The van der Waals surface area contributed by atoms with Crippen LogP contribution in [0.15, 0.2) is 53.3 Å². The zero-order valence-corrected chi connectivity index (χ0v) is 19.1. The maximum atomic E-state index is 13.1. The first-order valence-corrected chi connectivity index (χ1v) is 10.6. The molecule has 2 heterocycles. The standard InChI is InChI=1S/C22H20Cl2N6O2/c1-4-17-25-20(27-29(17)19-15(23)11-8-12-16(19)24)21(31)26-18-13(2)28(3)30(22(18)32)14-9-6-5-7-10-14/h5-12H,4H2,1-3H3,(H,26,31). The first-order valence-electron chi connectivity index (χ1n) is 9.89. The number of halogens is 2. The Morgan fingerprint density at radius 3 is 2.34 bits per heavy atom. The Morgan fingerprint density at radius 2 is 1.72 bits per heavy atom. The van der Waals surface area contributed by atoms with Gasteiger partial charge in [0.05, 0.1) is 21.4 Å². The molecule has 32 heavy (non-hydrogen) atoms. The van der Waals surface area contributed by atoms with Crippen LogP contribution < -0.4 is 10.9 Å². The Morgan fingerprint density at radius 1 is 1.06 bits per heavy atom. The van der Waals surface area contributed by atoms with E-state index in [9.17, 15) is 9.59 Å². The SMILES string of the molecule is CCc1nc(C(=O)Nc2c(C)n(C)n(-c3ccccc3)c2=O)nn1-c1c(Cl)cccc1Cl. The lowest BCUT2D eigenvalue weighted by molar-refractivity contribution is 0.101. The van der Waals surface area contributed by atoms with E-state index in [0.29, 0.717) is 39.4 Å². The lowest BCUT2D eigenvalue weighted by Crippen LogP contribution is -2.23. The summed E-state index contributed by atoms with van der Waals surface area (Å²) in [5.41, 5.74) is 1.53. The number of carbonyl (C=O) groups excluding carboxylic acids is 1. The van der Waals surface area contributed by atoms with Crippen LogP contribution in [0.1, 0.15) is 29.1 Å². The van der Waals surface area contributed by atoms with Crippen LogP contribution in [-0.4, -0.2) is 30.0 Å². The average molecular weight is 471 g/mol. The van der Waals surface area contributed by atoms with E-state index in [2.05, 4.69) is 15.4 Å². The number of carbonyl (C=O) groups is 1. The van der Waals surface area contributed by atoms with Crippen molar-refractivity contribution in [1.82, 2.24) is 24.1 Å². The molecule has 0 saturated carbocycles. The normalized spacial score (nSPS) is 11.0. The van der Waals surface area contributed by atoms with Crippen LogP contribution in [0, 0.1) is 6.92 Å². The van der Waals surface area contributed by atoms with Gasteiger partial charge in [0.25, 0.3) is 11.5 Å². The highest BCUT2D eigenvalue weighted by molar-refractivity contribution is 6.37. The van der Waals surface area contributed by atoms with Crippen LogP contribution in [0.3, 0.4) is 0 Å². The van der Waals surface area contributed by atoms with Gasteiger partial charge in [0.15, 0.2) is 0 Å². The number of nitrogens with one attached hydrogen (secondary N) is 1. The van der Waals surface area contributed by atoms with Gasteiger partial charge in [-0.05, 0) is 31.2 Å². The predicted octanol–water partition coefficient (Wildman–Crippen LogP) is 4.19. The van der Waals surface area contributed by atoms with Crippen molar-refractivity contribution in [2.45, 2.75) is 20.3 Å². The van der Waals surface area contributed by atoms with Crippen molar-refractivity contribution in [2.24, 2.45) is 7.05 Å². The molecule has 0 aliphatic heterocycles. The van der Waals surface area contributed by atoms with Crippen molar-refractivity contribution in [3.8, 4) is 11.4 Å². The van der Waals surface area contributed by atoms with Gasteiger partial charge in [-0.2, -0.15) is 0 Å². The number of rotatable bonds is 5. The molecule has 0 bridgehead atoms. The van der Waals surface area contributed by atoms with E-state index in [4.69, 9.17) is 23.2 Å². The molecule has 0 unspecified atom stereocenters. The number of para-hydroxylation sites is 2. The average Bonchev–Trinajstić information content (AvgIpc) is 3.29. The zero-order chi connectivity index (χ0) is 23.0. The number of nitrogens with zero attached hydrogens (tertiary/aromatic N) is 5. The van der Waals surface area contributed by atoms with Gasteiger partial charge >= 0.3 is 0 Å². The molecule has 4 rings (SSSR count). The van der Waals surface area contributed by atoms with Gasteiger partial charge in [0, 0.05) is 13.5 Å². The van der Waals surface area contributed by atoms with Gasteiger partial charge in [-0.1, -0.05) is 54.4 Å². The molecule has 0 aliphatic carbocycles. The van der Waals surface area contributed by atoms with Crippen LogP contribution in [-0.2, 0) is 13.5 Å². The second-order valence-corrected chi connectivity index (χ2v) is 7.89. The molecule has 0 fully saturated rings. The number of aromatic nitrogens is 5.